The second kappa shape index (κ2) is 4.73. The molecule has 0 saturated heterocycles. The molecule has 1 aliphatic carbocycles. The van der Waals surface area contributed by atoms with Crippen molar-refractivity contribution in [2.45, 2.75) is 0 Å². The van der Waals surface area contributed by atoms with Gasteiger partial charge in [0.2, 0.25) is 11.5 Å². The number of carbonyl (C=O) groups is 3. The van der Waals surface area contributed by atoms with Crippen molar-refractivity contribution in [1.82, 2.24) is 0 Å². The van der Waals surface area contributed by atoms with E-state index in [4.69, 9.17) is 5.11 Å². The van der Waals surface area contributed by atoms with E-state index in [1.165, 1.54) is 24.3 Å². The van der Waals surface area contributed by atoms with Crippen molar-refractivity contribution >= 4 is 17.7 Å². The number of ether oxygens (including phenoxy) is 1. The van der Waals surface area contributed by atoms with Crippen LogP contribution >= 0.6 is 0 Å². The van der Waals surface area contributed by atoms with E-state index in [0.29, 0.717) is 0 Å². The predicted octanol–water partition coefficient (Wildman–Crippen LogP) is 1.64. The summed E-state index contributed by atoms with van der Waals surface area (Å²) in [6, 6.07) is 5.71. The number of carbonyl (C=O) groups excluding carboxylic acids is 2. The first-order valence-corrected chi connectivity index (χ1v) is 6.24. The Labute approximate surface area is 127 Å². The van der Waals surface area contributed by atoms with Gasteiger partial charge in [0, 0.05) is 11.1 Å². The molecule has 0 heterocycles. The monoisotopic (exact) mass is 316 g/mol. The molecule has 0 amide bonds. The third kappa shape index (κ3) is 1.89. The molecule has 2 aromatic rings. The highest BCUT2D eigenvalue weighted by Crippen LogP contribution is 2.50. The summed E-state index contributed by atoms with van der Waals surface area (Å²) in [7, 11) is 0. The highest BCUT2D eigenvalue weighted by molar-refractivity contribution is 6.30. The van der Waals surface area contributed by atoms with Crippen molar-refractivity contribution in [2.24, 2.45) is 0 Å². The summed E-state index contributed by atoms with van der Waals surface area (Å²) >= 11 is 0. The maximum atomic E-state index is 12.5. The summed E-state index contributed by atoms with van der Waals surface area (Å²) in [6.45, 7) is 0. The zero-order chi connectivity index (χ0) is 16.9. The van der Waals surface area contributed by atoms with Gasteiger partial charge < -0.3 is 25.2 Å². The highest BCUT2D eigenvalue weighted by atomic mass is 16.7. The first-order valence-electron chi connectivity index (χ1n) is 6.24. The van der Waals surface area contributed by atoms with Crippen LogP contribution in [0.5, 0.6) is 23.0 Å². The van der Waals surface area contributed by atoms with Gasteiger partial charge >= 0.3 is 6.16 Å². The normalized spacial score (nSPS) is 12.5. The molecule has 4 N–H and O–H groups in total. The molecule has 0 saturated carbocycles. The quantitative estimate of drug-likeness (QED) is 0.230. The minimum atomic E-state index is -1.88. The van der Waals surface area contributed by atoms with Crippen LogP contribution in [0, 0.1) is 0 Å². The molecule has 8 nitrogen and oxygen atoms in total. The van der Waals surface area contributed by atoms with Gasteiger partial charge in [-0.2, -0.15) is 0 Å². The summed E-state index contributed by atoms with van der Waals surface area (Å²) in [5.74, 6) is -5.84. The van der Waals surface area contributed by atoms with Gasteiger partial charge in [-0.15, -0.1) is 0 Å². The second-order valence-corrected chi connectivity index (χ2v) is 4.70. The van der Waals surface area contributed by atoms with Gasteiger partial charge in [-0.05, 0) is 0 Å². The number of carboxylic acid groups (broad SMARTS) is 1. The van der Waals surface area contributed by atoms with E-state index >= 15 is 0 Å². The molecule has 0 radical (unpaired) electrons. The average molecular weight is 316 g/mol. The van der Waals surface area contributed by atoms with Crippen LogP contribution < -0.4 is 4.74 Å². The summed E-state index contributed by atoms with van der Waals surface area (Å²) in [5.41, 5.74) is -1.26. The van der Waals surface area contributed by atoms with Gasteiger partial charge in [0.15, 0.2) is 23.1 Å². The highest BCUT2D eigenvalue weighted by Gasteiger charge is 2.38. The third-order valence-corrected chi connectivity index (χ3v) is 3.44. The van der Waals surface area contributed by atoms with E-state index in [0.717, 1.165) is 0 Å². The summed E-state index contributed by atoms with van der Waals surface area (Å²) in [4.78, 5) is 35.5. The van der Waals surface area contributed by atoms with Crippen LogP contribution in [0.4, 0.5) is 4.79 Å². The van der Waals surface area contributed by atoms with Crippen LogP contribution in [-0.2, 0) is 0 Å². The minimum absolute atomic E-state index is 0.00833. The van der Waals surface area contributed by atoms with Crippen molar-refractivity contribution in [3.63, 3.8) is 0 Å². The Morgan fingerprint density at radius 3 is 1.78 bits per heavy atom. The molecular formula is C15H8O8. The molecule has 2 aromatic carbocycles. The fraction of sp³-hybridized carbons (Fsp3) is 0. The number of ketones is 2. The van der Waals surface area contributed by atoms with Crippen LogP contribution in [-0.4, -0.2) is 38.1 Å². The molecule has 23 heavy (non-hydrogen) atoms. The number of phenols is 3. The molecule has 0 unspecified atom stereocenters. The van der Waals surface area contributed by atoms with E-state index in [2.05, 4.69) is 4.74 Å². The first kappa shape index (κ1) is 14.4. The predicted molar refractivity (Wildman–Crippen MR) is 73.4 cm³/mol. The molecule has 116 valence electrons. The number of hydrogen-bond donors (Lipinski definition) is 4. The zero-order valence-corrected chi connectivity index (χ0v) is 11.2. The standard InChI is InChI=1S/C15H8O8/c16-9-5-3-1-2-4-6(5)10(17)8-7(9)11(18)13(20)14(12(8)19)23-15(21)22/h1-4,18-20H,(H,21,22). The Kier molecular flexibility index (Phi) is 2.96. The van der Waals surface area contributed by atoms with Gasteiger partial charge in [-0.3, -0.25) is 9.59 Å². The van der Waals surface area contributed by atoms with Crippen molar-refractivity contribution in [1.29, 1.82) is 0 Å². The number of rotatable bonds is 1. The summed E-state index contributed by atoms with van der Waals surface area (Å²) in [5, 5.41) is 38.4. The molecule has 0 atom stereocenters. The molecule has 1 aliphatic rings. The molecule has 0 bridgehead atoms. The molecule has 0 fully saturated rings. The van der Waals surface area contributed by atoms with Crippen molar-refractivity contribution in [3.05, 3.63) is 46.5 Å². The van der Waals surface area contributed by atoms with Gasteiger partial charge in [-0.1, -0.05) is 24.3 Å². The molecule has 3 rings (SSSR count). The number of fused-ring (bicyclic) bond motifs is 2. The van der Waals surface area contributed by atoms with E-state index < -0.39 is 51.8 Å². The van der Waals surface area contributed by atoms with E-state index in [1.54, 1.807) is 0 Å². The van der Waals surface area contributed by atoms with Crippen LogP contribution in [0.15, 0.2) is 24.3 Å². The van der Waals surface area contributed by atoms with Gasteiger partial charge in [0.1, 0.15) is 0 Å². The second-order valence-electron chi connectivity index (χ2n) is 4.70. The first-order chi connectivity index (χ1) is 10.8. The van der Waals surface area contributed by atoms with Crippen molar-refractivity contribution in [3.8, 4) is 23.0 Å². The Morgan fingerprint density at radius 2 is 1.30 bits per heavy atom. The number of phenolic OH excluding ortho intramolecular Hbond substituents is 3. The average Bonchev–Trinajstić information content (AvgIpc) is 2.52. The zero-order valence-electron chi connectivity index (χ0n) is 11.2. The number of hydrogen-bond acceptors (Lipinski definition) is 7. The lowest BCUT2D eigenvalue weighted by atomic mass is 9.82. The van der Waals surface area contributed by atoms with E-state index in [1.807, 2.05) is 0 Å². The maximum absolute atomic E-state index is 12.5. The Morgan fingerprint density at radius 1 is 0.826 bits per heavy atom. The number of aromatic hydroxyl groups is 3. The summed E-state index contributed by atoms with van der Waals surface area (Å²) in [6.07, 6.45) is -1.88. The topological polar surface area (TPSA) is 141 Å². The fourth-order valence-corrected chi connectivity index (χ4v) is 2.46. The SMILES string of the molecule is O=C(O)Oc1c(O)c(O)c2c(c1O)C(=O)c1ccccc1C2=O. The van der Waals surface area contributed by atoms with Gasteiger partial charge in [-0.25, -0.2) is 4.79 Å². The lowest BCUT2D eigenvalue weighted by Gasteiger charge is -2.21. The van der Waals surface area contributed by atoms with Crippen LogP contribution in [0.1, 0.15) is 31.8 Å². The molecule has 0 aromatic heterocycles. The number of benzene rings is 2. The lowest BCUT2D eigenvalue weighted by Crippen LogP contribution is -2.21. The fourth-order valence-electron chi connectivity index (χ4n) is 2.46. The summed E-state index contributed by atoms with van der Waals surface area (Å²) < 4.78 is 4.19. The Hall–Kier alpha value is -3.55. The van der Waals surface area contributed by atoms with Crippen molar-refractivity contribution < 1.29 is 39.5 Å². The smallest absolute Gasteiger partial charge is 0.504 e. The van der Waals surface area contributed by atoms with E-state index in [9.17, 15) is 29.7 Å². The third-order valence-electron chi connectivity index (χ3n) is 3.44. The molecule has 8 heteroatoms. The molecule has 0 aliphatic heterocycles. The lowest BCUT2D eigenvalue weighted by molar-refractivity contribution is 0.0972. The van der Waals surface area contributed by atoms with Crippen LogP contribution in [0.3, 0.4) is 0 Å². The van der Waals surface area contributed by atoms with Gasteiger partial charge in [0.25, 0.3) is 0 Å². The van der Waals surface area contributed by atoms with Gasteiger partial charge in [0.05, 0.1) is 11.1 Å². The van der Waals surface area contributed by atoms with Crippen molar-refractivity contribution in [2.75, 3.05) is 0 Å². The van der Waals surface area contributed by atoms with E-state index in [-0.39, 0.29) is 11.1 Å². The minimum Gasteiger partial charge on any atom is -0.504 e. The Balaban J connectivity index is 2.37. The molecular weight excluding hydrogens is 308 g/mol. The largest absolute Gasteiger partial charge is 0.511 e. The molecule has 0 spiro atoms. The van der Waals surface area contributed by atoms with Crippen LogP contribution in [0.25, 0.3) is 0 Å². The Bertz CT molecular complexity index is 897. The maximum Gasteiger partial charge on any atom is 0.511 e. The van der Waals surface area contributed by atoms with Crippen LogP contribution in [0.2, 0.25) is 0 Å².